The molecule has 33 heavy (non-hydrogen) atoms. The molecule has 1 fully saturated rings. The number of nitrogens with one attached hydrogen (secondary N) is 2. The van der Waals surface area contributed by atoms with Crippen LogP contribution in [0.2, 0.25) is 0 Å². The average molecular weight is 473 g/mol. The van der Waals surface area contributed by atoms with E-state index in [1.165, 1.54) is 0 Å². The van der Waals surface area contributed by atoms with Gasteiger partial charge in [0, 0.05) is 50.6 Å². The molecule has 1 heterocycles. The van der Waals surface area contributed by atoms with Gasteiger partial charge in [0.25, 0.3) is 15.9 Å². The molecule has 180 valence electrons. The summed E-state index contributed by atoms with van der Waals surface area (Å²) in [5, 5.41) is 3.34. The third-order valence-corrected chi connectivity index (χ3v) is 7.55. The highest BCUT2D eigenvalue weighted by Crippen LogP contribution is 2.28. The van der Waals surface area contributed by atoms with Gasteiger partial charge in [-0.1, -0.05) is 31.0 Å². The largest absolute Gasteiger partial charge is 0.368 e. The average Bonchev–Trinajstić information content (AvgIpc) is 2.79. The number of carbonyl (C=O) groups is 1. The number of nitrogens with zero attached hydrogens (tertiary/aromatic N) is 2. The summed E-state index contributed by atoms with van der Waals surface area (Å²) < 4.78 is 28.9. The lowest BCUT2D eigenvalue weighted by Crippen LogP contribution is -2.44. The maximum atomic E-state index is 13.5. The molecule has 2 aromatic rings. The molecule has 1 amide bonds. The number of sulfonamides is 1. The summed E-state index contributed by atoms with van der Waals surface area (Å²) in [6.45, 7) is 12.4. The first kappa shape index (κ1) is 25.1. The number of anilines is 2. The first-order valence-electron chi connectivity index (χ1n) is 11.8. The van der Waals surface area contributed by atoms with Crippen LogP contribution >= 0.6 is 0 Å². The van der Waals surface area contributed by atoms with Gasteiger partial charge >= 0.3 is 0 Å². The Kier molecular flexibility index (Phi) is 8.37. The summed E-state index contributed by atoms with van der Waals surface area (Å²) in [6, 6.07) is 10.6. The Morgan fingerprint density at radius 1 is 1.09 bits per heavy atom. The number of aryl methyl sites for hydroxylation is 2. The smallest absolute Gasteiger partial charge is 0.262 e. The molecule has 1 saturated heterocycles. The van der Waals surface area contributed by atoms with Crippen molar-refractivity contribution in [3.05, 3.63) is 53.1 Å². The summed E-state index contributed by atoms with van der Waals surface area (Å²) in [6.07, 6.45) is 1.94. The van der Waals surface area contributed by atoms with Crippen molar-refractivity contribution in [3.63, 3.8) is 0 Å². The van der Waals surface area contributed by atoms with E-state index in [1.807, 2.05) is 30.9 Å². The van der Waals surface area contributed by atoms with Crippen molar-refractivity contribution in [1.29, 1.82) is 0 Å². The van der Waals surface area contributed by atoms with E-state index >= 15 is 0 Å². The van der Waals surface area contributed by atoms with Crippen LogP contribution in [0.3, 0.4) is 0 Å². The molecule has 0 spiro atoms. The van der Waals surface area contributed by atoms with Gasteiger partial charge in [0.2, 0.25) is 0 Å². The first-order valence-corrected chi connectivity index (χ1v) is 13.2. The Hall–Kier alpha value is -2.58. The van der Waals surface area contributed by atoms with E-state index in [0.29, 0.717) is 29.9 Å². The SMILES string of the molecule is CCCCN(CC)C(=O)c1cc(NS(=O)(=O)c2ccc(C)cc2C)ccc1N1CCNCC1. The van der Waals surface area contributed by atoms with Gasteiger partial charge in [-0.25, -0.2) is 8.42 Å². The minimum atomic E-state index is -3.78. The highest BCUT2D eigenvalue weighted by molar-refractivity contribution is 7.92. The zero-order chi connectivity index (χ0) is 24.0. The van der Waals surface area contributed by atoms with Gasteiger partial charge in [0.15, 0.2) is 0 Å². The van der Waals surface area contributed by atoms with Gasteiger partial charge in [-0.05, 0) is 57.0 Å². The molecule has 1 aliphatic rings. The van der Waals surface area contributed by atoms with Gasteiger partial charge in [-0.15, -0.1) is 0 Å². The number of rotatable bonds is 9. The number of piperazine rings is 1. The highest BCUT2D eigenvalue weighted by Gasteiger charge is 2.24. The molecule has 8 heteroatoms. The Labute approximate surface area is 198 Å². The van der Waals surface area contributed by atoms with Crippen molar-refractivity contribution in [2.24, 2.45) is 0 Å². The highest BCUT2D eigenvalue weighted by atomic mass is 32.2. The normalized spacial score (nSPS) is 14.2. The number of amides is 1. The van der Waals surface area contributed by atoms with Gasteiger partial charge in [-0.3, -0.25) is 9.52 Å². The predicted octanol–water partition coefficient (Wildman–Crippen LogP) is 3.78. The fourth-order valence-electron chi connectivity index (χ4n) is 4.19. The zero-order valence-corrected chi connectivity index (χ0v) is 21.0. The molecule has 0 radical (unpaired) electrons. The maximum Gasteiger partial charge on any atom is 0.262 e. The zero-order valence-electron chi connectivity index (χ0n) is 20.1. The molecule has 0 atom stereocenters. The van der Waals surface area contributed by atoms with Crippen LogP contribution in [0.5, 0.6) is 0 Å². The molecular weight excluding hydrogens is 436 g/mol. The number of unbranched alkanes of at least 4 members (excludes halogenated alkanes) is 1. The Morgan fingerprint density at radius 3 is 2.45 bits per heavy atom. The molecule has 2 aromatic carbocycles. The summed E-state index contributed by atoms with van der Waals surface area (Å²) >= 11 is 0. The van der Waals surface area contributed by atoms with E-state index in [0.717, 1.165) is 50.3 Å². The molecule has 1 aliphatic heterocycles. The lowest BCUT2D eigenvalue weighted by Gasteiger charge is -2.32. The fraction of sp³-hybridized carbons (Fsp3) is 0.480. The molecule has 0 bridgehead atoms. The third kappa shape index (κ3) is 6.06. The van der Waals surface area contributed by atoms with Gasteiger partial charge < -0.3 is 15.1 Å². The van der Waals surface area contributed by atoms with E-state index in [9.17, 15) is 13.2 Å². The number of carbonyl (C=O) groups excluding carboxylic acids is 1. The van der Waals surface area contributed by atoms with Crippen molar-refractivity contribution in [2.75, 3.05) is 48.9 Å². The molecule has 3 rings (SSSR count). The summed E-state index contributed by atoms with van der Waals surface area (Å²) in [5.74, 6) is -0.0629. The van der Waals surface area contributed by atoms with Crippen molar-refractivity contribution in [2.45, 2.75) is 45.4 Å². The maximum absolute atomic E-state index is 13.5. The Balaban J connectivity index is 1.98. The molecule has 7 nitrogen and oxygen atoms in total. The van der Waals surface area contributed by atoms with Crippen molar-refractivity contribution in [1.82, 2.24) is 10.2 Å². The minimum Gasteiger partial charge on any atom is -0.368 e. The van der Waals surface area contributed by atoms with Crippen LogP contribution in [0.1, 0.15) is 48.2 Å². The van der Waals surface area contributed by atoms with E-state index in [4.69, 9.17) is 0 Å². The lowest BCUT2D eigenvalue weighted by atomic mass is 10.1. The Bertz CT molecular complexity index is 1080. The van der Waals surface area contributed by atoms with Crippen LogP contribution in [0.15, 0.2) is 41.3 Å². The van der Waals surface area contributed by atoms with Crippen LogP contribution in [0.4, 0.5) is 11.4 Å². The van der Waals surface area contributed by atoms with Gasteiger partial charge in [-0.2, -0.15) is 0 Å². The van der Waals surface area contributed by atoms with E-state index in [2.05, 4.69) is 21.9 Å². The molecule has 0 aromatic heterocycles. The standard InChI is InChI=1S/C25H36N4O3S/c1-5-7-14-28(6-2)25(30)22-18-21(9-10-23(22)29-15-12-26-13-16-29)27-33(31,32)24-11-8-19(3)17-20(24)4/h8-11,17-18,26-27H,5-7,12-16H2,1-4H3. The second-order valence-corrected chi connectivity index (χ2v) is 10.2. The summed E-state index contributed by atoms with van der Waals surface area (Å²) in [5.41, 5.74) is 3.48. The molecule has 0 saturated carbocycles. The van der Waals surface area contributed by atoms with Crippen molar-refractivity contribution < 1.29 is 13.2 Å². The topological polar surface area (TPSA) is 81.8 Å². The number of hydrogen-bond donors (Lipinski definition) is 2. The first-order chi connectivity index (χ1) is 15.8. The predicted molar refractivity (Wildman–Crippen MR) is 135 cm³/mol. The second-order valence-electron chi connectivity index (χ2n) is 8.58. The summed E-state index contributed by atoms with van der Waals surface area (Å²) in [4.78, 5) is 17.8. The minimum absolute atomic E-state index is 0.0629. The summed E-state index contributed by atoms with van der Waals surface area (Å²) in [7, 11) is -3.78. The van der Waals surface area contributed by atoms with Crippen molar-refractivity contribution in [3.8, 4) is 0 Å². The van der Waals surface area contributed by atoms with E-state index in [1.54, 1.807) is 31.2 Å². The van der Waals surface area contributed by atoms with Crippen LogP contribution in [0.25, 0.3) is 0 Å². The van der Waals surface area contributed by atoms with Gasteiger partial charge in [0.1, 0.15) is 0 Å². The van der Waals surface area contributed by atoms with E-state index < -0.39 is 10.0 Å². The van der Waals surface area contributed by atoms with Gasteiger partial charge in [0.05, 0.1) is 10.5 Å². The lowest BCUT2D eigenvalue weighted by molar-refractivity contribution is 0.0763. The number of hydrogen-bond acceptors (Lipinski definition) is 5. The van der Waals surface area contributed by atoms with E-state index in [-0.39, 0.29) is 10.8 Å². The van der Waals surface area contributed by atoms with Crippen molar-refractivity contribution >= 4 is 27.3 Å². The quantitative estimate of drug-likeness (QED) is 0.581. The Morgan fingerprint density at radius 2 is 1.82 bits per heavy atom. The van der Waals surface area contributed by atoms with Crippen LogP contribution < -0.4 is 14.9 Å². The van der Waals surface area contributed by atoms with Crippen LogP contribution in [0, 0.1) is 13.8 Å². The van der Waals surface area contributed by atoms with Crippen LogP contribution in [-0.2, 0) is 10.0 Å². The third-order valence-electron chi connectivity index (χ3n) is 6.01. The molecule has 0 unspecified atom stereocenters. The van der Waals surface area contributed by atoms with Crippen LogP contribution in [-0.4, -0.2) is 58.5 Å². The molecule has 2 N–H and O–H groups in total. The molecule has 0 aliphatic carbocycles. The second kappa shape index (κ2) is 11.0. The fourth-order valence-corrected chi connectivity index (χ4v) is 5.46. The number of benzene rings is 2. The monoisotopic (exact) mass is 472 g/mol. The molecular formula is C25H36N4O3S.